The van der Waals surface area contributed by atoms with Crippen LogP contribution in [0.4, 0.5) is 17.1 Å². The van der Waals surface area contributed by atoms with Gasteiger partial charge in [-0.3, -0.25) is 0 Å². The van der Waals surface area contributed by atoms with Crippen LogP contribution in [0.5, 0.6) is 0 Å². The standard InChI is InChI=1S/C61H40N2/c1-5-19-43(20-6-1)61(44-21-7-2-8-22-44)55-31-17-18-32-58(55)63(46-25-11-4-12-26-46)60-39-54-53-38-42(34-36-57(53)62(59(54)40-56(60)61)45-23-9-3-10-24-45)41-33-35-51-49-29-14-13-27-47(49)48-28-15-16-30-50(48)52(51)37-41/h1-40H. The summed E-state index contributed by atoms with van der Waals surface area (Å²) in [5.74, 6) is 0. The van der Waals surface area contributed by atoms with Gasteiger partial charge in [0.1, 0.15) is 0 Å². The van der Waals surface area contributed by atoms with Gasteiger partial charge < -0.3 is 9.47 Å². The van der Waals surface area contributed by atoms with Crippen LogP contribution < -0.4 is 4.90 Å². The number of aromatic nitrogens is 1. The van der Waals surface area contributed by atoms with Crippen LogP contribution in [0.2, 0.25) is 0 Å². The number of rotatable bonds is 5. The molecule has 0 saturated heterocycles. The Morgan fingerprint density at radius 2 is 0.730 bits per heavy atom. The maximum Gasteiger partial charge on any atom is 0.0743 e. The molecule has 0 fully saturated rings. The zero-order valence-corrected chi connectivity index (χ0v) is 34.5. The van der Waals surface area contributed by atoms with E-state index >= 15 is 0 Å². The van der Waals surface area contributed by atoms with Crippen molar-refractivity contribution in [3.63, 3.8) is 0 Å². The molecule has 2 nitrogen and oxygen atoms in total. The molecular formula is C61H40N2. The van der Waals surface area contributed by atoms with Crippen LogP contribution in [0.25, 0.3) is 70.9 Å². The fourth-order valence-corrected chi connectivity index (χ4v) is 10.9. The SMILES string of the molecule is c1ccc(N2c3ccccc3C(c3ccccc3)(c3ccccc3)c3cc4c(cc32)c2cc(-c3ccc5c6ccccc6c6ccccc6c5c3)ccc2n4-c2ccccc2)cc1. The molecule has 0 radical (unpaired) electrons. The summed E-state index contributed by atoms with van der Waals surface area (Å²) in [5.41, 5.74) is 13.7. The summed E-state index contributed by atoms with van der Waals surface area (Å²) >= 11 is 0. The van der Waals surface area contributed by atoms with Crippen molar-refractivity contribution in [2.45, 2.75) is 5.41 Å². The molecule has 0 N–H and O–H groups in total. The van der Waals surface area contributed by atoms with Crippen LogP contribution >= 0.6 is 0 Å². The number of para-hydroxylation sites is 3. The molecule has 0 atom stereocenters. The maximum atomic E-state index is 2.51. The average Bonchev–Trinajstić information content (AvgIpc) is 3.68. The molecule has 1 aliphatic heterocycles. The molecule has 63 heavy (non-hydrogen) atoms. The Kier molecular flexibility index (Phi) is 7.85. The number of hydrogen-bond donors (Lipinski definition) is 0. The van der Waals surface area contributed by atoms with Crippen molar-refractivity contribution in [1.82, 2.24) is 4.57 Å². The van der Waals surface area contributed by atoms with Crippen LogP contribution in [-0.2, 0) is 5.41 Å². The monoisotopic (exact) mass is 800 g/mol. The third-order valence-electron chi connectivity index (χ3n) is 13.6. The van der Waals surface area contributed by atoms with E-state index in [1.165, 1.54) is 98.9 Å². The van der Waals surface area contributed by atoms with E-state index in [2.05, 4.69) is 252 Å². The first kappa shape index (κ1) is 35.5. The lowest BCUT2D eigenvalue weighted by molar-refractivity contribution is 0.732. The Morgan fingerprint density at radius 3 is 1.35 bits per heavy atom. The zero-order valence-electron chi connectivity index (χ0n) is 34.5. The predicted octanol–water partition coefficient (Wildman–Crippen LogP) is 16.1. The third-order valence-corrected chi connectivity index (χ3v) is 13.6. The zero-order chi connectivity index (χ0) is 41.5. The van der Waals surface area contributed by atoms with Crippen molar-refractivity contribution >= 4 is 71.2 Å². The van der Waals surface area contributed by atoms with Crippen LogP contribution in [0.15, 0.2) is 243 Å². The molecule has 0 aliphatic carbocycles. The Labute approximate surface area is 366 Å². The smallest absolute Gasteiger partial charge is 0.0743 e. The van der Waals surface area contributed by atoms with Crippen molar-refractivity contribution in [1.29, 1.82) is 0 Å². The maximum absolute atomic E-state index is 2.51. The molecule has 1 aliphatic rings. The molecule has 1 aromatic heterocycles. The first-order valence-electron chi connectivity index (χ1n) is 21.8. The summed E-state index contributed by atoms with van der Waals surface area (Å²) in [5, 5.41) is 10.1. The van der Waals surface area contributed by atoms with Crippen molar-refractivity contribution in [2.75, 3.05) is 4.90 Å². The largest absolute Gasteiger partial charge is 0.310 e. The number of benzene rings is 11. The highest BCUT2D eigenvalue weighted by molar-refractivity contribution is 6.26. The molecule has 0 spiro atoms. The number of nitrogens with zero attached hydrogens (tertiary/aromatic N) is 2. The quantitative estimate of drug-likeness (QED) is 0.157. The second-order valence-corrected chi connectivity index (χ2v) is 16.8. The van der Waals surface area contributed by atoms with Gasteiger partial charge in [0.25, 0.3) is 0 Å². The number of hydrogen-bond acceptors (Lipinski definition) is 1. The van der Waals surface area contributed by atoms with Crippen molar-refractivity contribution in [3.8, 4) is 16.8 Å². The second kappa shape index (κ2) is 13.9. The van der Waals surface area contributed by atoms with E-state index in [-0.39, 0.29) is 0 Å². The van der Waals surface area contributed by atoms with E-state index in [4.69, 9.17) is 0 Å². The fourth-order valence-electron chi connectivity index (χ4n) is 10.9. The van der Waals surface area contributed by atoms with Crippen molar-refractivity contribution < 1.29 is 0 Å². The van der Waals surface area contributed by atoms with E-state index in [1.807, 2.05) is 0 Å². The minimum Gasteiger partial charge on any atom is -0.310 e. The summed E-state index contributed by atoms with van der Waals surface area (Å²) in [6.45, 7) is 0. The Hall–Kier alpha value is -8.20. The van der Waals surface area contributed by atoms with E-state index in [0.29, 0.717) is 0 Å². The van der Waals surface area contributed by atoms with Crippen LogP contribution in [0, 0.1) is 0 Å². The van der Waals surface area contributed by atoms with Crippen molar-refractivity contribution in [3.05, 3.63) is 265 Å². The van der Waals surface area contributed by atoms with Crippen LogP contribution in [0.1, 0.15) is 22.3 Å². The molecule has 2 heterocycles. The van der Waals surface area contributed by atoms with Gasteiger partial charge in [-0.25, -0.2) is 0 Å². The Balaban J connectivity index is 1.15. The molecule has 0 unspecified atom stereocenters. The summed E-state index contributed by atoms with van der Waals surface area (Å²) in [6.07, 6.45) is 0. The molecular weight excluding hydrogens is 761 g/mol. The van der Waals surface area contributed by atoms with Crippen molar-refractivity contribution in [2.24, 2.45) is 0 Å². The third kappa shape index (κ3) is 5.19. The van der Waals surface area contributed by atoms with E-state index < -0.39 is 5.41 Å². The van der Waals surface area contributed by atoms with Gasteiger partial charge in [-0.15, -0.1) is 0 Å². The van der Waals surface area contributed by atoms with Crippen LogP contribution in [-0.4, -0.2) is 4.57 Å². The van der Waals surface area contributed by atoms with Gasteiger partial charge in [0.15, 0.2) is 0 Å². The predicted molar refractivity (Wildman–Crippen MR) is 265 cm³/mol. The number of fused-ring (bicyclic) bond motifs is 11. The average molecular weight is 801 g/mol. The second-order valence-electron chi connectivity index (χ2n) is 16.8. The molecule has 0 bridgehead atoms. The van der Waals surface area contributed by atoms with Gasteiger partial charge in [0.05, 0.1) is 27.8 Å². The minimum atomic E-state index is -0.616. The fraction of sp³-hybridized carbons (Fsp3) is 0.0164. The lowest BCUT2D eigenvalue weighted by Gasteiger charge is -2.46. The Bertz CT molecular complexity index is 3650. The highest BCUT2D eigenvalue weighted by atomic mass is 15.2. The molecule has 294 valence electrons. The molecule has 13 rings (SSSR count). The summed E-state index contributed by atoms with van der Waals surface area (Å²) < 4.78 is 2.48. The molecule has 2 heteroatoms. The van der Waals surface area contributed by atoms with Gasteiger partial charge in [0.2, 0.25) is 0 Å². The van der Waals surface area contributed by atoms with E-state index in [0.717, 1.165) is 11.4 Å². The number of anilines is 3. The van der Waals surface area contributed by atoms with Crippen LogP contribution in [0.3, 0.4) is 0 Å². The first-order chi connectivity index (χ1) is 31.3. The first-order valence-corrected chi connectivity index (χ1v) is 21.8. The highest BCUT2D eigenvalue weighted by Crippen LogP contribution is 2.59. The van der Waals surface area contributed by atoms with Gasteiger partial charge in [0, 0.05) is 22.1 Å². The molecule has 0 amide bonds. The molecule has 11 aromatic carbocycles. The highest BCUT2D eigenvalue weighted by Gasteiger charge is 2.47. The minimum absolute atomic E-state index is 0.616. The summed E-state index contributed by atoms with van der Waals surface area (Å²) in [4.78, 5) is 2.49. The van der Waals surface area contributed by atoms with E-state index in [9.17, 15) is 0 Å². The lowest BCUT2D eigenvalue weighted by Crippen LogP contribution is -2.37. The summed E-state index contributed by atoms with van der Waals surface area (Å²) in [6, 6.07) is 89.8. The van der Waals surface area contributed by atoms with Gasteiger partial charge in [-0.2, -0.15) is 0 Å². The van der Waals surface area contributed by atoms with Gasteiger partial charge in [-0.1, -0.05) is 182 Å². The normalized spacial score (nSPS) is 13.2. The topological polar surface area (TPSA) is 8.17 Å². The van der Waals surface area contributed by atoms with Gasteiger partial charge in [-0.05, 0) is 126 Å². The van der Waals surface area contributed by atoms with E-state index in [1.54, 1.807) is 0 Å². The Morgan fingerprint density at radius 1 is 0.270 bits per heavy atom. The summed E-state index contributed by atoms with van der Waals surface area (Å²) in [7, 11) is 0. The molecule has 0 saturated carbocycles. The lowest BCUT2D eigenvalue weighted by atomic mass is 9.62. The molecule has 12 aromatic rings. The van der Waals surface area contributed by atoms with Gasteiger partial charge >= 0.3 is 0 Å².